The van der Waals surface area contributed by atoms with Crippen LogP contribution in [0.25, 0.3) is 0 Å². The molecule has 1 aliphatic carbocycles. The molecule has 0 aromatic heterocycles. The Morgan fingerprint density at radius 2 is 1.95 bits per heavy atom. The van der Waals surface area contributed by atoms with Gasteiger partial charge in [0.05, 0.1) is 0 Å². The largest absolute Gasteiger partial charge is 0.355 e. The van der Waals surface area contributed by atoms with E-state index in [-0.39, 0.29) is 23.1 Å². The summed E-state index contributed by atoms with van der Waals surface area (Å²) in [5.74, 6) is 0.0842. The van der Waals surface area contributed by atoms with E-state index in [4.69, 9.17) is 0 Å². The molecule has 0 bridgehead atoms. The zero-order chi connectivity index (χ0) is 13.9. The van der Waals surface area contributed by atoms with E-state index in [2.05, 4.69) is 5.32 Å². The Labute approximate surface area is 114 Å². The van der Waals surface area contributed by atoms with Crippen molar-refractivity contribution in [3.8, 4) is 0 Å². The SMILES string of the molecule is CC(C)(CNC(=O)C1CCCC1)c1ccccc1F. The molecule has 1 aromatic rings. The van der Waals surface area contributed by atoms with Crippen molar-refractivity contribution in [3.63, 3.8) is 0 Å². The molecule has 0 radical (unpaired) electrons. The number of benzene rings is 1. The van der Waals surface area contributed by atoms with Crippen LogP contribution in [-0.2, 0) is 10.2 Å². The Morgan fingerprint density at radius 3 is 2.58 bits per heavy atom. The third kappa shape index (κ3) is 3.34. The summed E-state index contributed by atoms with van der Waals surface area (Å²) in [6, 6.07) is 6.78. The minimum Gasteiger partial charge on any atom is -0.355 e. The summed E-state index contributed by atoms with van der Waals surface area (Å²) in [4.78, 5) is 12.0. The molecule has 0 spiro atoms. The quantitative estimate of drug-likeness (QED) is 0.886. The van der Waals surface area contributed by atoms with Gasteiger partial charge in [0.15, 0.2) is 0 Å². The maximum absolute atomic E-state index is 13.8. The molecule has 1 aliphatic rings. The highest BCUT2D eigenvalue weighted by Gasteiger charge is 2.27. The molecular weight excluding hydrogens is 241 g/mol. The van der Waals surface area contributed by atoms with Crippen LogP contribution in [0.3, 0.4) is 0 Å². The van der Waals surface area contributed by atoms with Crippen LogP contribution in [-0.4, -0.2) is 12.5 Å². The summed E-state index contributed by atoms with van der Waals surface area (Å²) in [5, 5.41) is 2.98. The molecule has 19 heavy (non-hydrogen) atoms. The van der Waals surface area contributed by atoms with E-state index in [0.29, 0.717) is 12.1 Å². The molecule has 3 heteroatoms. The molecule has 0 atom stereocenters. The molecule has 2 nitrogen and oxygen atoms in total. The molecular formula is C16H22FNO. The van der Waals surface area contributed by atoms with E-state index in [1.165, 1.54) is 6.07 Å². The van der Waals surface area contributed by atoms with Crippen molar-refractivity contribution in [2.75, 3.05) is 6.54 Å². The van der Waals surface area contributed by atoms with E-state index in [9.17, 15) is 9.18 Å². The Hall–Kier alpha value is -1.38. The van der Waals surface area contributed by atoms with Crippen LogP contribution >= 0.6 is 0 Å². The minimum atomic E-state index is -0.389. The fourth-order valence-corrected chi connectivity index (χ4v) is 2.75. The Balaban J connectivity index is 1.97. The minimum absolute atomic E-state index is 0.127. The van der Waals surface area contributed by atoms with Gasteiger partial charge in [-0.2, -0.15) is 0 Å². The fourth-order valence-electron chi connectivity index (χ4n) is 2.75. The van der Waals surface area contributed by atoms with Gasteiger partial charge in [-0.25, -0.2) is 4.39 Å². The second kappa shape index (κ2) is 5.72. The molecule has 0 aliphatic heterocycles. The first kappa shape index (κ1) is 14.0. The van der Waals surface area contributed by atoms with E-state index < -0.39 is 0 Å². The van der Waals surface area contributed by atoms with Gasteiger partial charge in [-0.05, 0) is 24.5 Å². The third-order valence-electron chi connectivity index (χ3n) is 4.03. The predicted octanol–water partition coefficient (Wildman–Crippen LogP) is 3.41. The molecule has 1 aromatic carbocycles. The normalized spacial score (nSPS) is 16.6. The van der Waals surface area contributed by atoms with Crippen molar-refractivity contribution < 1.29 is 9.18 Å². The Bertz CT molecular complexity index is 450. The lowest BCUT2D eigenvalue weighted by molar-refractivity contribution is -0.125. The first-order chi connectivity index (χ1) is 9.00. The average molecular weight is 263 g/mol. The lowest BCUT2D eigenvalue weighted by Gasteiger charge is -2.26. The number of hydrogen-bond donors (Lipinski definition) is 1. The predicted molar refractivity (Wildman–Crippen MR) is 74.4 cm³/mol. The van der Waals surface area contributed by atoms with Gasteiger partial charge in [0.2, 0.25) is 5.91 Å². The summed E-state index contributed by atoms with van der Waals surface area (Å²) in [6.45, 7) is 4.39. The van der Waals surface area contributed by atoms with Gasteiger partial charge in [-0.1, -0.05) is 44.9 Å². The number of hydrogen-bond acceptors (Lipinski definition) is 1. The number of halogens is 1. The highest BCUT2D eigenvalue weighted by atomic mass is 19.1. The molecule has 104 valence electrons. The van der Waals surface area contributed by atoms with Crippen LogP contribution in [0.4, 0.5) is 4.39 Å². The number of amides is 1. The fraction of sp³-hybridized carbons (Fsp3) is 0.562. The maximum Gasteiger partial charge on any atom is 0.223 e. The van der Waals surface area contributed by atoms with Crippen LogP contribution in [0.15, 0.2) is 24.3 Å². The highest BCUT2D eigenvalue weighted by molar-refractivity contribution is 5.79. The molecule has 1 saturated carbocycles. The van der Waals surface area contributed by atoms with E-state index in [1.54, 1.807) is 12.1 Å². The number of rotatable bonds is 4. The van der Waals surface area contributed by atoms with E-state index >= 15 is 0 Å². The Kier molecular flexibility index (Phi) is 4.23. The highest BCUT2D eigenvalue weighted by Crippen LogP contribution is 2.27. The summed E-state index contributed by atoms with van der Waals surface area (Å²) in [6.07, 6.45) is 4.28. The zero-order valence-electron chi connectivity index (χ0n) is 11.7. The molecule has 0 saturated heterocycles. The Morgan fingerprint density at radius 1 is 1.32 bits per heavy atom. The lowest BCUT2D eigenvalue weighted by atomic mass is 9.84. The van der Waals surface area contributed by atoms with Crippen LogP contribution in [0.5, 0.6) is 0 Å². The zero-order valence-corrected chi connectivity index (χ0v) is 11.7. The molecule has 0 unspecified atom stereocenters. The van der Waals surface area contributed by atoms with Gasteiger partial charge in [-0.15, -0.1) is 0 Å². The molecule has 2 rings (SSSR count). The van der Waals surface area contributed by atoms with Crippen molar-refractivity contribution >= 4 is 5.91 Å². The van der Waals surface area contributed by atoms with Crippen LogP contribution < -0.4 is 5.32 Å². The van der Waals surface area contributed by atoms with Crippen molar-refractivity contribution in [2.45, 2.75) is 44.9 Å². The molecule has 1 N–H and O–H groups in total. The first-order valence-corrected chi connectivity index (χ1v) is 7.03. The van der Waals surface area contributed by atoms with Gasteiger partial charge in [0, 0.05) is 17.9 Å². The van der Waals surface area contributed by atoms with E-state index in [0.717, 1.165) is 25.7 Å². The van der Waals surface area contributed by atoms with Gasteiger partial charge in [0.1, 0.15) is 5.82 Å². The van der Waals surface area contributed by atoms with Gasteiger partial charge < -0.3 is 5.32 Å². The third-order valence-corrected chi connectivity index (χ3v) is 4.03. The second-order valence-electron chi connectivity index (χ2n) is 6.06. The summed E-state index contributed by atoms with van der Waals surface area (Å²) >= 11 is 0. The van der Waals surface area contributed by atoms with Gasteiger partial charge in [0.25, 0.3) is 0 Å². The molecule has 1 fully saturated rings. The topological polar surface area (TPSA) is 29.1 Å². The second-order valence-corrected chi connectivity index (χ2v) is 6.06. The molecule has 1 amide bonds. The summed E-state index contributed by atoms with van der Waals surface area (Å²) in [7, 11) is 0. The van der Waals surface area contributed by atoms with Crippen LogP contribution in [0.2, 0.25) is 0 Å². The summed E-state index contributed by atoms with van der Waals surface area (Å²) < 4.78 is 13.8. The van der Waals surface area contributed by atoms with Crippen molar-refractivity contribution in [1.82, 2.24) is 5.32 Å². The molecule has 0 heterocycles. The first-order valence-electron chi connectivity index (χ1n) is 7.03. The smallest absolute Gasteiger partial charge is 0.223 e. The van der Waals surface area contributed by atoms with Crippen molar-refractivity contribution in [1.29, 1.82) is 0 Å². The van der Waals surface area contributed by atoms with Gasteiger partial charge >= 0.3 is 0 Å². The van der Waals surface area contributed by atoms with Crippen LogP contribution in [0.1, 0.15) is 45.1 Å². The lowest BCUT2D eigenvalue weighted by Crippen LogP contribution is -2.39. The monoisotopic (exact) mass is 263 g/mol. The van der Waals surface area contributed by atoms with Crippen molar-refractivity contribution in [3.05, 3.63) is 35.6 Å². The number of carbonyl (C=O) groups excluding carboxylic acids is 1. The standard InChI is InChI=1S/C16H22FNO/c1-16(2,13-9-5-6-10-14(13)17)11-18-15(19)12-7-3-4-8-12/h5-6,9-10,12H,3-4,7-8,11H2,1-2H3,(H,18,19). The van der Waals surface area contributed by atoms with Gasteiger partial charge in [-0.3, -0.25) is 4.79 Å². The number of nitrogens with one attached hydrogen (secondary N) is 1. The summed E-state index contributed by atoms with van der Waals surface area (Å²) in [5.41, 5.74) is 0.265. The van der Waals surface area contributed by atoms with E-state index in [1.807, 2.05) is 19.9 Å². The maximum atomic E-state index is 13.8. The van der Waals surface area contributed by atoms with Crippen molar-refractivity contribution in [2.24, 2.45) is 5.92 Å². The van der Waals surface area contributed by atoms with Crippen LogP contribution in [0, 0.1) is 11.7 Å². The number of carbonyl (C=O) groups is 1. The average Bonchev–Trinajstić information content (AvgIpc) is 2.90.